The highest BCUT2D eigenvalue weighted by Gasteiger charge is 2.30. The fraction of sp³-hybridized carbons (Fsp3) is 0.571. The van der Waals surface area contributed by atoms with E-state index in [1.165, 1.54) is 28.7 Å². The lowest BCUT2D eigenvalue weighted by atomic mass is 9.72. The van der Waals surface area contributed by atoms with E-state index in [2.05, 4.69) is 30.7 Å². The molecule has 1 aliphatic rings. The van der Waals surface area contributed by atoms with E-state index in [1.54, 1.807) is 0 Å². The third kappa shape index (κ3) is 2.32. The molecule has 0 radical (unpaired) electrons. The monoisotopic (exact) mass is 310 g/mol. The van der Waals surface area contributed by atoms with Gasteiger partial charge in [0.05, 0.1) is 0 Å². The second-order valence-corrected chi connectivity index (χ2v) is 8.34. The van der Waals surface area contributed by atoms with Crippen LogP contribution in [0.2, 0.25) is 0 Å². The zero-order valence-electron chi connectivity index (χ0n) is 11.4. The van der Waals surface area contributed by atoms with E-state index >= 15 is 0 Å². The lowest BCUT2D eigenvalue weighted by Gasteiger charge is -2.33. The highest BCUT2D eigenvalue weighted by atomic mass is 32.1. The maximum Gasteiger partial charge on any atom is 0.176 e. The number of aryl methyl sites for hydroxylation is 1. The molecule has 0 amide bonds. The number of hydrogen-bond donors (Lipinski definition) is 2. The molecule has 0 spiro atoms. The molecule has 0 bridgehead atoms. The molecule has 3 rings (SSSR count). The van der Waals surface area contributed by atoms with Gasteiger partial charge in [-0.25, -0.2) is 0 Å². The first-order valence-electron chi connectivity index (χ1n) is 6.63. The van der Waals surface area contributed by atoms with Crippen molar-refractivity contribution in [2.45, 2.75) is 40.0 Å². The van der Waals surface area contributed by atoms with Crippen LogP contribution in [0.3, 0.4) is 0 Å². The Labute approximate surface area is 127 Å². The first-order chi connectivity index (χ1) is 8.86. The van der Waals surface area contributed by atoms with Crippen molar-refractivity contribution in [2.75, 3.05) is 0 Å². The SMILES string of the molecule is CC(C)(C)[C@H]1CCc2c(sc3[nH]c(=S)[nH]c(=S)c23)C1. The Morgan fingerprint density at radius 2 is 1.95 bits per heavy atom. The molecule has 0 unspecified atom stereocenters. The number of aromatic nitrogens is 2. The van der Waals surface area contributed by atoms with Crippen molar-refractivity contribution in [3.63, 3.8) is 0 Å². The molecule has 0 fully saturated rings. The molecule has 2 aromatic heterocycles. The predicted molar refractivity (Wildman–Crippen MR) is 87.2 cm³/mol. The minimum absolute atomic E-state index is 0.379. The summed E-state index contributed by atoms with van der Waals surface area (Å²) in [5.41, 5.74) is 1.83. The van der Waals surface area contributed by atoms with Gasteiger partial charge < -0.3 is 9.97 Å². The topological polar surface area (TPSA) is 31.6 Å². The van der Waals surface area contributed by atoms with E-state index in [0.29, 0.717) is 10.2 Å². The van der Waals surface area contributed by atoms with Gasteiger partial charge in [-0.2, -0.15) is 0 Å². The fourth-order valence-corrected chi connectivity index (χ4v) is 5.02. The number of fused-ring (bicyclic) bond motifs is 3. The standard InChI is InChI=1S/C14H18N2S3/c1-14(2,3)7-4-5-8-9(6-7)19-12-10(8)11(17)15-13(18)16-12/h7H,4-6H2,1-3H3,(H2,15,16,17,18)/t7-/m0/s1. The van der Waals surface area contributed by atoms with Gasteiger partial charge in [0, 0.05) is 10.3 Å². The minimum atomic E-state index is 0.379. The van der Waals surface area contributed by atoms with Crippen LogP contribution in [0.4, 0.5) is 0 Å². The summed E-state index contributed by atoms with van der Waals surface area (Å²) >= 11 is 12.5. The van der Waals surface area contributed by atoms with E-state index in [9.17, 15) is 0 Å². The van der Waals surface area contributed by atoms with Crippen LogP contribution in [0.5, 0.6) is 0 Å². The van der Waals surface area contributed by atoms with Gasteiger partial charge in [0.1, 0.15) is 9.47 Å². The lowest BCUT2D eigenvalue weighted by Crippen LogP contribution is -2.26. The number of rotatable bonds is 0. The molecule has 0 aliphatic heterocycles. The number of nitrogens with one attached hydrogen (secondary N) is 2. The van der Waals surface area contributed by atoms with Crippen LogP contribution in [-0.2, 0) is 12.8 Å². The van der Waals surface area contributed by atoms with Crippen LogP contribution < -0.4 is 0 Å². The summed E-state index contributed by atoms with van der Waals surface area (Å²) in [4.78, 5) is 8.97. The third-order valence-corrected chi connectivity index (χ3v) is 5.85. The van der Waals surface area contributed by atoms with Crippen LogP contribution >= 0.6 is 35.8 Å². The number of H-pyrrole nitrogens is 2. The van der Waals surface area contributed by atoms with Crippen LogP contribution in [0.1, 0.15) is 37.6 Å². The van der Waals surface area contributed by atoms with E-state index in [4.69, 9.17) is 24.4 Å². The zero-order valence-corrected chi connectivity index (χ0v) is 13.9. The van der Waals surface area contributed by atoms with Crippen LogP contribution in [0, 0.1) is 20.7 Å². The predicted octanol–water partition coefficient (Wildman–Crippen LogP) is 5.17. The van der Waals surface area contributed by atoms with Crippen molar-refractivity contribution < 1.29 is 0 Å². The van der Waals surface area contributed by atoms with E-state index < -0.39 is 0 Å². The van der Waals surface area contributed by atoms with Gasteiger partial charge in [-0.3, -0.25) is 0 Å². The van der Waals surface area contributed by atoms with Gasteiger partial charge in [-0.05, 0) is 48.4 Å². The molecule has 19 heavy (non-hydrogen) atoms. The maximum absolute atomic E-state index is 5.45. The molecule has 102 valence electrons. The van der Waals surface area contributed by atoms with Gasteiger partial charge in [0.15, 0.2) is 4.77 Å². The summed E-state index contributed by atoms with van der Waals surface area (Å²) in [5, 5.41) is 1.20. The highest BCUT2D eigenvalue weighted by Crippen LogP contribution is 2.42. The van der Waals surface area contributed by atoms with Crippen molar-refractivity contribution >= 4 is 46.0 Å². The van der Waals surface area contributed by atoms with Crippen molar-refractivity contribution in [2.24, 2.45) is 11.3 Å². The Morgan fingerprint density at radius 1 is 1.21 bits per heavy atom. The Bertz CT molecular complexity index is 743. The van der Waals surface area contributed by atoms with Gasteiger partial charge in [-0.1, -0.05) is 33.0 Å². The average Bonchev–Trinajstić information content (AvgIpc) is 2.64. The van der Waals surface area contributed by atoms with Gasteiger partial charge >= 0.3 is 0 Å². The third-order valence-electron chi connectivity index (χ3n) is 4.17. The van der Waals surface area contributed by atoms with E-state index in [0.717, 1.165) is 21.8 Å². The first kappa shape index (κ1) is 13.5. The van der Waals surface area contributed by atoms with Gasteiger partial charge in [0.25, 0.3) is 0 Å². The zero-order chi connectivity index (χ0) is 13.8. The summed E-state index contributed by atoms with van der Waals surface area (Å²) in [6, 6.07) is 0. The molecular weight excluding hydrogens is 292 g/mol. The Balaban J connectivity index is 2.16. The van der Waals surface area contributed by atoms with Crippen LogP contribution in [0.15, 0.2) is 0 Å². The van der Waals surface area contributed by atoms with E-state index in [-0.39, 0.29) is 0 Å². The van der Waals surface area contributed by atoms with Crippen LogP contribution in [0.25, 0.3) is 10.2 Å². The fourth-order valence-electron chi connectivity index (χ4n) is 2.95. The molecule has 0 saturated carbocycles. The molecule has 2 nitrogen and oxygen atoms in total. The number of hydrogen-bond acceptors (Lipinski definition) is 3. The normalized spacial score (nSPS) is 19.6. The first-order valence-corrected chi connectivity index (χ1v) is 8.26. The van der Waals surface area contributed by atoms with Crippen molar-refractivity contribution in [3.05, 3.63) is 19.9 Å². The smallest absolute Gasteiger partial charge is 0.176 e. The summed E-state index contributed by atoms with van der Waals surface area (Å²) in [6.07, 6.45) is 3.57. The maximum atomic E-state index is 5.45. The molecule has 0 saturated heterocycles. The Morgan fingerprint density at radius 3 is 2.63 bits per heavy atom. The summed E-state index contributed by atoms with van der Waals surface area (Å²) in [5.74, 6) is 0.758. The number of aromatic amines is 2. The van der Waals surface area contributed by atoms with Gasteiger partial charge in [-0.15, -0.1) is 11.3 Å². The average molecular weight is 311 g/mol. The highest BCUT2D eigenvalue weighted by molar-refractivity contribution is 7.72. The Kier molecular flexibility index (Phi) is 3.19. The van der Waals surface area contributed by atoms with Crippen molar-refractivity contribution in [1.82, 2.24) is 9.97 Å². The Hall–Kier alpha value is -0.520. The lowest BCUT2D eigenvalue weighted by molar-refractivity contribution is 0.218. The van der Waals surface area contributed by atoms with Crippen molar-refractivity contribution in [3.8, 4) is 0 Å². The molecule has 1 aliphatic carbocycles. The molecule has 1 atom stereocenters. The van der Waals surface area contributed by atoms with Gasteiger partial charge in [0.2, 0.25) is 0 Å². The molecule has 2 aromatic rings. The molecule has 2 N–H and O–H groups in total. The second-order valence-electron chi connectivity index (χ2n) is 6.42. The molecule has 2 heterocycles. The quantitative estimate of drug-likeness (QED) is 0.658. The van der Waals surface area contributed by atoms with Crippen LogP contribution in [-0.4, -0.2) is 9.97 Å². The summed E-state index contributed by atoms with van der Waals surface area (Å²) in [6.45, 7) is 7.03. The summed E-state index contributed by atoms with van der Waals surface area (Å²) in [7, 11) is 0. The number of thiophene rings is 1. The summed E-state index contributed by atoms with van der Waals surface area (Å²) < 4.78 is 1.42. The minimum Gasteiger partial charge on any atom is -0.324 e. The van der Waals surface area contributed by atoms with Crippen molar-refractivity contribution in [1.29, 1.82) is 0 Å². The molecule has 0 aromatic carbocycles. The van der Waals surface area contributed by atoms with E-state index in [1.807, 2.05) is 11.3 Å². The largest absolute Gasteiger partial charge is 0.324 e. The molecular formula is C14H18N2S3. The second kappa shape index (κ2) is 4.50. The molecule has 5 heteroatoms.